The zero-order chi connectivity index (χ0) is 10.6. The first-order valence-electron chi connectivity index (χ1n) is 4.91. The molecule has 0 saturated heterocycles. The molecule has 1 rings (SSSR count). The van der Waals surface area contributed by atoms with Gasteiger partial charge in [0.1, 0.15) is 5.84 Å². The van der Waals surface area contributed by atoms with Crippen molar-refractivity contribution in [2.45, 2.75) is 44.4 Å². The fourth-order valence-electron chi connectivity index (χ4n) is 1.71. The molecular weight excluding hydrogens is 182 g/mol. The SMILES string of the molecule is COC1CC(NC(C)CC(N)=NO)C1. The lowest BCUT2D eigenvalue weighted by molar-refractivity contribution is 0.0150. The van der Waals surface area contributed by atoms with Crippen LogP contribution in [0, 0.1) is 0 Å². The Morgan fingerprint density at radius 2 is 2.36 bits per heavy atom. The molecule has 0 spiro atoms. The number of oxime groups is 1. The van der Waals surface area contributed by atoms with Crippen LogP contribution in [0.1, 0.15) is 26.2 Å². The smallest absolute Gasteiger partial charge is 0.140 e. The lowest BCUT2D eigenvalue weighted by Gasteiger charge is -2.36. The van der Waals surface area contributed by atoms with Gasteiger partial charge in [-0.25, -0.2) is 0 Å². The highest BCUT2D eigenvalue weighted by Gasteiger charge is 2.29. The Morgan fingerprint density at radius 1 is 1.71 bits per heavy atom. The number of hydrogen-bond acceptors (Lipinski definition) is 4. The molecule has 0 radical (unpaired) electrons. The van der Waals surface area contributed by atoms with E-state index in [9.17, 15) is 0 Å². The van der Waals surface area contributed by atoms with E-state index in [0.29, 0.717) is 18.6 Å². The molecule has 1 atom stereocenters. The van der Waals surface area contributed by atoms with Crippen LogP contribution in [0.5, 0.6) is 0 Å². The van der Waals surface area contributed by atoms with E-state index >= 15 is 0 Å². The molecular formula is C9H19N3O2. The van der Waals surface area contributed by atoms with Gasteiger partial charge < -0.3 is 21.0 Å². The van der Waals surface area contributed by atoms with E-state index in [-0.39, 0.29) is 11.9 Å². The predicted molar refractivity (Wildman–Crippen MR) is 54.4 cm³/mol. The first kappa shape index (κ1) is 11.3. The summed E-state index contributed by atoms with van der Waals surface area (Å²) in [6, 6.07) is 0.759. The Morgan fingerprint density at radius 3 is 2.86 bits per heavy atom. The summed E-state index contributed by atoms with van der Waals surface area (Å²) in [6.07, 6.45) is 3.09. The third-order valence-corrected chi connectivity index (χ3v) is 2.59. The van der Waals surface area contributed by atoms with Crippen molar-refractivity contribution < 1.29 is 9.94 Å². The van der Waals surface area contributed by atoms with Crippen LogP contribution < -0.4 is 11.1 Å². The van der Waals surface area contributed by atoms with Gasteiger partial charge in [0.05, 0.1) is 6.10 Å². The van der Waals surface area contributed by atoms with Crippen molar-refractivity contribution in [3.63, 3.8) is 0 Å². The normalized spacial score (nSPS) is 29.7. The van der Waals surface area contributed by atoms with Crippen LogP contribution in [0.15, 0.2) is 5.16 Å². The molecule has 0 aromatic carbocycles. The van der Waals surface area contributed by atoms with Crippen LogP contribution >= 0.6 is 0 Å². The largest absolute Gasteiger partial charge is 0.409 e. The molecule has 4 N–H and O–H groups in total. The molecule has 14 heavy (non-hydrogen) atoms. The first-order valence-corrected chi connectivity index (χ1v) is 4.91. The molecule has 0 aromatic heterocycles. The maximum atomic E-state index is 8.38. The first-order chi connectivity index (χ1) is 6.65. The van der Waals surface area contributed by atoms with Crippen LogP contribution in [0.25, 0.3) is 0 Å². The third-order valence-electron chi connectivity index (χ3n) is 2.59. The van der Waals surface area contributed by atoms with Crippen molar-refractivity contribution >= 4 is 5.84 Å². The third kappa shape index (κ3) is 3.16. The number of ether oxygens (including phenoxy) is 1. The minimum atomic E-state index is 0.244. The van der Waals surface area contributed by atoms with E-state index in [4.69, 9.17) is 15.7 Å². The van der Waals surface area contributed by atoms with Gasteiger partial charge in [0.25, 0.3) is 0 Å². The van der Waals surface area contributed by atoms with Gasteiger partial charge in [-0.3, -0.25) is 0 Å². The summed E-state index contributed by atoms with van der Waals surface area (Å²) in [5.41, 5.74) is 5.40. The second-order valence-electron chi connectivity index (χ2n) is 3.89. The number of nitrogens with two attached hydrogens (primary N) is 1. The summed E-state index contributed by atoms with van der Waals surface area (Å²) >= 11 is 0. The molecule has 1 saturated carbocycles. The van der Waals surface area contributed by atoms with Gasteiger partial charge in [0.2, 0.25) is 0 Å². The second kappa shape index (κ2) is 5.17. The molecule has 5 heteroatoms. The van der Waals surface area contributed by atoms with Gasteiger partial charge >= 0.3 is 0 Å². The number of methoxy groups -OCH3 is 1. The van der Waals surface area contributed by atoms with Crippen molar-refractivity contribution in [2.24, 2.45) is 10.9 Å². The lowest BCUT2D eigenvalue weighted by Crippen LogP contribution is -2.49. The van der Waals surface area contributed by atoms with Gasteiger partial charge in [-0.2, -0.15) is 0 Å². The van der Waals surface area contributed by atoms with Crippen LogP contribution in [0.2, 0.25) is 0 Å². The molecule has 1 aliphatic carbocycles. The number of amidine groups is 1. The van der Waals surface area contributed by atoms with Crippen LogP contribution in [0.4, 0.5) is 0 Å². The molecule has 0 heterocycles. The minimum Gasteiger partial charge on any atom is -0.409 e. The van der Waals surface area contributed by atoms with Crippen LogP contribution in [-0.4, -0.2) is 36.3 Å². The summed E-state index contributed by atoms with van der Waals surface area (Å²) in [5.74, 6) is 0.271. The number of hydrogen-bond donors (Lipinski definition) is 3. The number of nitrogens with zero attached hydrogens (tertiary/aromatic N) is 1. The fourth-order valence-corrected chi connectivity index (χ4v) is 1.71. The zero-order valence-corrected chi connectivity index (χ0v) is 8.73. The van der Waals surface area contributed by atoms with Crippen molar-refractivity contribution in [3.8, 4) is 0 Å². The van der Waals surface area contributed by atoms with Crippen molar-refractivity contribution in [1.29, 1.82) is 0 Å². The van der Waals surface area contributed by atoms with Gasteiger partial charge in [0.15, 0.2) is 0 Å². The molecule has 1 aliphatic rings. The standard InChI is InChI=1S/C9H19N3O2/c1-6(3-9(10)12-13)11-7-4-8(5-7)14-2/h6-8,11,13H,3-5H2,1-2H3,(H2,10,12). The maximum absolute atomic E-state index is 8.38. The predicted octanol–water partition coefficient (Wildman–Crippen LogP) is 0.278. The minimum absolute atomic E-state index is 0.244. The van der Waals surface area contributed by atoms with E-state index in [1.54, 1.807) is 7.11 Å². The Balaban J connectivity index is 2.13. The molecule has 1 unspecified atom stereocenters. The van der Waals surface area contributed by atoms with Gasteiger partial charge in [-0.15, -0.1) is 0 Å². The molecule has 5 nitrogen and oxygen atoms in total. The van der Waals surface area contributed by atoms with Gasteiger partial charge in [-0.05, 0) is 19.8 Å². The Labute approximate surface area is 84.3 Å². The van der Waals surface area contributed by atoms with E-state index in [1.165, 1.54) is 0 Å². The number of nitrogens with one attached hydrogen (secondary N) is 1. The van der Waals surface area contributed by atoms with Crippen molar-refractivity contribution in [2.75, 3.05) is 7.11 Å². The highest BCUT2D eigenvalue weighted by molar-refractivity contribution is 5.80. The van der Waals surface area contributed by atoms with E-state index in [0.717, 1.165) is 12.8 Å². The molecule has 1 fully saturated rings. The van der Waals surface area contributed by atoms with E-state index < -0.39 is 0 Å². The fraction of sp³-hybridized carbons (Fsp3) is 0.889. The summed E-state index contributed by atoms with van der Waals surface area (Å²) in [7, 11) is 1.74. The molecule has 0 bridgehead atoms. The highest BCUT2D eigenvalue weighted by atomic mass is 16.5. The van der Waals surface area contributed by atoms with Crippen molar-refractivity contribution in [1.82, 2.24) is 5.32 Å². The van der Waals surface area contributed by atoms with E-state index in [2.05, 4.69) is 10.5 Å². The number of rotatable bonds is 5. The van der Waals surface area contributed by atoms with Gasteiger partial charge in [-0.1, -0.05) is 5.16 Å². The Hall–Kier alpha value is -0.810. The molecule has 0 amide bonds. The Bertz CT molecular complexity index is 202. The Kier molecular flexibility index (Phi) is 4.16. The van der Waals surface area contributed by atoms with Crippen LogP contribution in [-0.2, 0) is 4.74 Å². The monoisotopic (exact) mass is 201 g/mol. The highest BCUT2D eigenvalue weighted by Crippen LogP contribution is 2.23. The quantitative estimate of drug-likeness (QED) is 0.258. The van der Waals surface area contributed by atoms with E-state index in [1.807, 2.05) is 6.92 Å². The summed E-state index contributed by atoms with van der Waals surface area (Å²) in [4.78, 5) is 0. The topological polar surface area (TPSA) is 79.9 Å². The van der Waals surface area contributed by atoms with Gasteiger partial charge in [0, 0.05) is 25.6 Å². The lowest BCUT2D eigenvalue weighted by atomic mass is 9.88. The van der Waals surface area contributed by atoms with Crippen LogP contribution in [0.3, 0.4) is 0 Å². The molecule has 0 aliphatic heterocycles. The summed E-state index contributed by atoms with van der Waals surface area (Å²) in [5, 5.41) is 14.7. The van der Waals surface area contributed by atoms with Crippen molar-refractivity contribution in [3.05, 3.63) is 0 Å². The molecule has 82 valence electrons. The molecule has 0 aromatic rings. The summed E-state index contributed by atoms with van der Waals surface area (Å²) < 4.78 is 5.17. The zero-order valence-electron chi connectivity index (χ0n) is 8.73. The summed E-state index contributed by atoms with van der Waals surface area (Å²) in [6.45, 7) is 2.03. The average molecular weight is 201 g/mol. The maximum Gasteiger partial charge on any atom is 0.140 e. The second-order valence-corrected chi connectivity index (χ2v) is 3.89. The average Bonchev–Trinajstić information content (AvgIpc) is 2.10.